The molecule has 10 nitrogen and oxygen atoms in total. The van der Waals surface area contributed by atoms with Crippen molar-refractivity contribution in [3.63, 3.8) is 0 Å². The molecule has 0 aliphatic carbocycles. The fraction of sp³-hybridized carbons (Fsp3) is 0.294. The average molecular weight is 401 g/mol. The van der Waals surface area contributed by atoms with Crippen LogP contribution in [0.3, 0.4) is 0 Å². The van der Waals surface area contributed by atoms with Crippen LogP contribution in [0.15, 0.2) is 39.6 Å². The fourth-order valence-corrected chi connectivity index (χ4v) is 2.76. The van der Waals surface area contributed by atoms with Crippen molar-refractivity contribution in [3.8, 4) is 5.75 Å². The van der Waals surface area contributed by atoms with E-state index in [4.69, 9.17) is 9.47 Å². The van der Waals surface area contributed by atoms with Crippen molar-refractivity contribution in [1.29, 1.82) is 0 Å². The Kier molecular flexibility index (Phi) is 6.76. The van der Waals surface area contributed by atoms with Gasteiger partial charge in [0.15, 0.2) is 28.6 Å². The number of nitrogens with one attached hydrogen (secondary N) is 1. The summed E-state index contributed by atoms with van der Waals surface area (Å²) >= 11 is 1.18. The van der Waals surface area contributed by atoms with Crippen LogP contribution in [0.5, 0.6) is 5.75 Å². The zero-order valence-electron chi connectivity index (χ0n) is 15.4. The Labute approximate surface area is 165 Å². The average Bonchev–Trinajstić information content (AvgIpc) is 3.12. The Morgan fingerprint density at radius 3 is 3.00 bits per heavy atom. The van der Waals surface area contributed by atoms with Gasteiger partial charge < -0.3 is 19.9 Å². The number of aromatic nitrogens is 3. The fourth-order valence-electron chi connectivity index (χ4n) is 2.11. The first kappa shape index (κ1) is 19.6. The first-order chi connectivity index (χ1) is 13.7. The van der Waals surface area contributed by atoms with Gasteiger partial charge in [-0.1, -0.05) is 0 Å². The smallest absolute Gasteiger partial charge is 0.202 e. The molecule has 0 saturated heterocycles. The first-order valence-corrected chi connectivity index (χ1v) is 9.32. The van der Waals surface area contributed by atoms with E-state index in [1.165, 1.54) is 24.0 Å². The number of hydrogen-bond donors (Lipinski definition) is 2. The van der Waals surface area contributed by atoms with E-state index in [-0.39, 0.29) is 24.1 Å². The third-order valence-corrected chi connectivity index (χ3v) is 4.15. The van der Waals surface area contributed by atoms with E-state index in [9.17, 15) is 5.11 Å². The second-order valence-corrected chi connectivity index (χ2v) is 6.02. The van der Waals surface area contributed by atoms with Crippen LogP contribution < -0.4 is 5.32 Å². The van der Waals surface area contributed by atoms with Crippen molar-refractivity contribution in [1.82, 2.24) is 14.3 Å². The Bertz CT molecular complexity index is 990. The van der Waals surface area contributed by atoms with E-state index in [2.05, 4.69) is 34.9 Å². The lowest BCUT2D eigenvalue weighted by Crippen LogP contribution is -2.07. The van der Waals surface area contributed by atoms with E-state index in [0.717, 1.165) is 5.39 Å². The van der Waals surface area contributed by atoms with Gasteiger partial charge in [0.1, 0.15) is 12.4 Å². The van der Waals surface area contributed by atoms with Crippen molar-refractivity contribution in [2.45, 2.75) is 13.8 Å². The molecule has 28 heavy (non-hydrogen) atoms. The third-order valence-electron chi connectivity index (χ3n) is 3.41. The van der Waals surface area contributed by atoms with Crippen LogP contribution in [0, 0.1) is 0 Å². The van der Waals surface area contributed by atoms with E-state index in [1.807, 2.05) is 26.0 Å². The molecule has 0 fully saturated rings. The molecule has 0 unspecified atom stereocenters. The van der Waals surface area contributed by atoms with Gasteiger partial charge in [-0.3, -0.25) is 0 Å². The van der Waals surface area contributed by atoms with Gasteiger partial charge in [0.2, 0.25) is 5.82 Å². The highest BCUT2D eigenvalue weighted by Crippen LogP contribution is 2.36. The number of fused-ring (bicyclic) bond motifs is 1. The van der Waals surface area contributed by atoms with Crippen LogP contribution in [-0.2, 0) is 9.47 Å². The molecule has 11 heteroatoms. The molecule has 0 atom stereocenters. The normalized spacial score (nSPS) is 11.6. The summed E-state index contributed by atoms with van der Waals surface area (Å²) in [5.74, 6) is 0.335. The van der Waals surface area contributed by atoms with E-state index < -0.39 is 0 Å². The number of ether oxygens (including phenoxy) is 2. The highest BCUT2D eigenvalue weighted by Gasteiger charge is 2.12. The molecule has 3 heterocycles. The van der Waals surface area contributed by atoms with Gasteiger partial charge in [-0.25, -0.2) is 15.0 Å². The SMILES string of the molecule is CCOC=Nc1cc(O)c(NCOCC)nc1/N=N/c1snc2ncccc12. The van der Waals surface area contributed by atoms with Gasteiger partial charge in [0, 0.05) is 18.9 Å². The molecule has 2 N–H and O–H groups in total. The molecular weight excluding hydrogens is 382 g/mol. The molecule has 3 rings (SSSR count). The summed E-state index contributed by atoms with van der Waals surface area (Å²) in [4.78, 5) is 12.6. The molecule has 0 amide bonds. The van der Waals surface area contributed by atoms with Crippen LogP contribution in [0.2, 0.25) is 0 Å². The number of rotatable bonds is 9. The number of aromatic hydroxyl groups is 1. The van der Waals surface area contributed by atoms with Gasteiger partial charge in [-0.15, -0.1) is 10.2 Å². The number of aliphatic imine (C=N–C) groups is 1. The second-order valence-electron chi connectivity index (χ2n) is 5.26. The second kappa shape index (κ2) is 9.67. The maximum Gasteiger partial charge on any atom is 0.202 e. The van der Waals surface area contributed by atoms with Crippen molar-refractivity contribution >= 4 is 51.3 Å². The van der Waals surface area contributed by atoms with Crippen LogP contribution in [0.1, 0.15) is 13.8 Å². The Morgan fingerprint density at radius 1 is 1.29 bits per heavy atom. The number of pyridine rings is 2. The molecule has 3 aromatic heterocycles. The van der Waals surface area contributed by atoms with Gasteiger partial charge in [-0.2, -0.15) is 4.37 Å². The number of nitrogens with zero attached hydrogens (tertiary/aromatic N) is 6. The summed E-state index contributed by atoms with van der Waals surface area (Å²) in [6, 6.07) is 5.10. The molecule has 0 aliphatic rings. The van der Waals surface area contributed by atoms with Gasteiger partial charge >= 0.3 is 0 Å². The maximum atomic E-state index is 10.2. The molecule has 3 aromatic rings. The van der Waals surface area contributed by atoms with Crippen LogP contribution >= 0.6 is 11.5 Å². The minimum Gasteiger partial charge on any atom is -0.504 e. The first-order valence-electron chi connectivity index (χ1n) is 8.54. The molecule has 0 aromatic carbocycles. The number of azo groups is 1. The predicted octanol–water partition coefficient (Wildman–Crippen LogP) is 4.31. The van der Waals surface area contributed by atoms with Crippen LogP contribution in [-0.4, -0.2) is 45.8 Å². The monoisotopic (exact) mass is 401 g/mol. The van der Waals surface area contributed by atoms with Gasteiger partial charge in [0.05, 0.1) is 12.0 Å². The third kappa shape index (κ3) is 4.75. The quantitative estimate of drug-likeness (QED) is 0.180. The lowest BCUT2D eigenvalue weighted by molar-refractivity contribution is 0.166. The minimum atomic E-state index is -0.0882. The summed E-state index contributed by atoms with van der Waals surface area (Å²) in [5.41, 5.74) is 0.914. The van der Waals surface area contributed by atoms with Crippen molar-refractivity contribution < 1.29 is 14.6 Å². The molecule has 0 spiro atoms. The molecule has 0 bridgehead atoms. The lowest BCUT2D eigenvalue weighted by atomic mass is 10.3. The highest BCUT2D eigenvalue weighted by molar-refractivity contribution is 7.11. The summed E-state index contributed by atoms with van der Waals surface area (Å²) in [6.45, 7) is 4.90. The summed E-state index contributed by atoms with van der Waals surface area (Å²) < 4.78 is 14.6. The van der Waals surface area contributed by atoms with Gasteiger partial charge in [-0.05, 0) is 37.5 Å². The highest BCUT2D eigenvalue weighted by atomic mass is 32.1. The maximum absolute atomic E-state index is 10.2. The summed E-state index contributed by atoms with van der Waals surface area (Å²) in [7, 11) is 0. The summed E-state index contributed by atoms with van der Waals surface area (Å²) in [6.07, 6.45) is 2.94. The van der Waals surface area contributed by atoms with E-state index in [1.54, 1.807) is 6.20 Å². The van der Waals surface area contributed by atoms with Crippen molar-refractivity contribution in [2.75, 3.05) is 25.3 Å². The zero-order chi connectivity index (χ0) is 19.8. The number of anilines is 1. The largest absolute Gasteiger partial charge is 0.504 e. The topological polar surface area (TPSA) is 126 Å². The molecule has 0 saturated carbocycles. The van der Waals surface area contributed by atoms with E-state index >= 15 is 0 Å². The number of hydrogen-bond acceptors (Lipinski definition) is 11. The summed E-state index contributed by atoms with van der Waals surface area (Å²) in [5, 5.41) is 22.9. The molecule has 0 radical (unpaired) electrons. The molecule has 0 aliphatic heterocycles. The minimum absolute atomic E-state index is 0.0882. The van der Waals surface area contributed by atoms with Crippen LogP contribution in [0.25, 0.3) is 11.0 Å². The lowest BCUT2D eigenvalue weighted by Gasteiger charge is -2.09. The van der Waals surface area contributed by atoms with Gasteiger partial charge in [0.25, 0.3) is 0 Å². The Hall–Kier alpha value is -3.18. The molecule has 146 valence electrons. The Balaban J connectivity index is 1.94. The van der Waals surface area contributed by atoms with Crippen molar-refractivity contribution in [2.24, 2.45) is 15.2 Å². The standard InChI is InChI=1S/C17H19N7O3S/c1-3-26-9-19-12-8-13(25)16(20-10-27-4-2)21-15(12)22-23-17-11-6-5-7-18-14(11)24-28-17/h5-9,25H,3-4,10H2,1-2H3,(H,20,21)/b19-9?,23-22+. The Morgan fingerprint density at radius 2 is 2.18 bits per heavy atom. The zero-order valence-corrected chi connectivity index (χ0v) is 16.2. The predicted molar refractivity (Wildman–Crippen MR) is 107 cm³/mol. The van der Waals surface area contributed by atoms with Crippen molar-refractivity contribution in [3.05, 3.63) is 24.4 Å². The molecular formula is C17H19N7O3S. The van der Waals surface area contributed by atoms with E-state index in [0.29, 0.717) is 29.5 Å². The van der Waals surface area contributed by atoms with Crippen LogP contribution in [0.4, 0.5) is 22.3 Å².